The van der Waals surface area contributed by atoms with Crippen LogP contribution in [0.15, 0.2) is 60.7 Å². The third-order valence-electron chi connectivity index (χ3n) is 3.06. The van der Waals surface area contributed by atoms with Gasteiger partial charge in [-0.25, -0.2) is 8.93 Å². The van der Waals surface area contributed by atoms with Crippen molar-refractivity contribution >= 4 is 17.2 Å². The molecule has 0 saturated heterocycles. The van der Waals surface area contributed by atoms with Crippen LogP contribution in [0, 0.1) is 0 Å². The number of hydrogen-bond acceptors (Lipinski definition) is 3. The highest BCUT2D eigenvalue weighted by Gasteiger charge is 2.14. The summed E-state index contributed by atoms with van der Waals surface area (Å²) < 4.78 is 27.9. The molecule has 2 unspecified atom stereocenters. The van der Waals surface area contributed by atoms with Gasteiger partial charge >= 0.3 is 0 Å². The van der Waals surface area contributed by atoms with Gasteiger partial charge in [0, 0.05) is 6.54 Å². The van der Waals surface area contributed by atoms with Crippen LogP contribution >= 0.6 is 0 Å². The molecule has 0 aromatic heterocycles. The molecule has 0 bridgehead atoms. The Balaban J connectivity index is 1.85. The van der Waals surface area contributed by atoms with E-state index >= 15 is 0 Å². The zero-order chi connectivity index (χ0) is 16.5. The summed E-state index contributed by atoms with van der Waals surface area (Å²) in [4.78, 5) is 11.8. The molecule has 0 radical (unpaired) electrons. The third kappa shape index (κ3) is 6.19. The molecule has 0 fully saturated rings. The van der Waals surface area contributed by atoms with Crippen molar-refractivity contribution in [2.45, 2.75) is 6.04 Å². The van der Waals surface area contributed by atoms with Crippen molar-refractivity contribution in [3.63, 3.8) is 0 Å². The van der Waals surface area contributed by atoms with E-state index in [1.165, 1.54) is 0 Å². The molecule has 6 nitrogen and oxygen atoms in total. The van der Waals surface area contributed by atoms with Crippen molar-refractivity contribution in [2.24, 2.45) is 0 Å². The predicted molar refractivity (Wildman–Crippen MR) is 88.0 cm³/mol. The van der Waals surface area contributed by atoms with E-state index < -0.39 is 17.3 Å². The minimum atomic E-state index is -2.18. The summed E-state index contributed by atoms with van der Waals surface area (Å²) in [5.74, 6) is 0.303. The van der Waals surface area contributed by atoms with Gasteiger partial charge in [0.2, 0.25) is 11.3 Å². The lowest BCUT2D eigenvalue weighted by molar-refractivity contribution is -0.123. The van der Waals surface area contributed by atoms with Crippen molar-refractivity contribution in [3.8, 4) is 5.75 Å². The van der Waals surface area contributed by atoms with E-state index in [0.717, 1.165) is 5.56 Å². The standard InChI is InChI=1S/C16H18N2O4S/c19-16(12-22-14-9-5-2-6-10-14)17-11-15(18-23(20)21)13-7-3-1-4-8-13/h1-10,15,18H,11-12H2,(H,17,19)(H,20,21). The summed E-state index contributed by atoms with van der Waals surface area (Å²) >= 11 is -2.18. The van der Waals surface area contributed by atoms with Crippen LogP contribution in [0.1, 0.15) is 11.6 Å². The number of ether oxygens (including phenoxy) is 1. The highest BCUT2D eigenvalue weighted by Crippen LogP contribution is 2.12. The second-order valence-electron chi connectivity index (χ2n) is 4.74. The maximum absolute atomic E-state index is 11.8. The van der Waals surface area contributed by atoms with E-state index in [-0.39, 0.29) is 19.1 Å². The van der Waals surface area contributed by atoms with E-state index in [1.807, 2.05) is 48.5 Å². The van der Waals surface area contributed by atoms with Crippen LogP contribution in [0.3, 0.4) is 0 Å². The number of rotatable bonds is 8. The Morgan fingerprint density at radius 1 is 1.09 bits per heavy atom. The summed E-state index contributed by atoms with van der Waals surface area (Å²) in [6.45, 7) is 0.0566. The first-order valence-electron chi connectivity index (χ1n) is 7.01. The van der Waals surface area contributed by atoms with Gasteiger partial charge in [-0.2, -0.15) is 0 Å². The summed E-state index contributed by atoms with van der Waals surface area (Å²) in [6, 6.07) is 17.7. The van der Waals surface area contributed by atoms with E-state index in [4.69, 9.17) is 9.29 Å². The molecule has 1 amide bonds. The van der Waals surface area contributed by atoms with Crippen molar-refractivity contribution in [3.05, 3.63) is 66.2 Å². The molecule has 0 heterocycles. The Kier molecular flexibility index (Phi) is 6.74. The molecule has 0 spiro atoms. The van der Waals surface area contributed by atoms with Gasteiger partial charge in [-0.3, -0.25) is 9.35 Å². The first kappa shape index (κ1) is 17.1. The minimum absolute atomic E-state index is 0.117. The lowest BCUT2D eigenvalue weighted by Gasteiger charge is -2.17. The Bertz CT molecular complexity index is 637. The summed E-state index contributed by atoms with van der Waals surface area (Å²) in [6.07, 6.45) is 0. The van der Waals surface area contributed by atoms with Crippen LogP contribution in [0.2, 0.25) is 0 Å². The van der Waals surface area contributed by atoms with E-state index in [1.54, 1.807) is 12.1 Å². The zero-order valence-electron chi connectivity index (χ0n) is 12.3. The van der Waals surface area contributed by atoms with Gasteiger partial charge in [-0.05, 0) is 17.7 Å². The molecule has 0 aliphatic heterocycles. The average molecular weight is 334 g/mol. The van der Waals surface area contributed by atoms with Crippen molar-refractivity contribution in [2.75, 3.05) is 13.2 Å². The molecule has 2 rings (SSSR count). The molecule has 0 aliphatic rings. The summed E-state index contributed by atoms with van der Waals surface area (Å²) in [5.41, 5.74) is 0.805. The molecule has 122 valence electrons. The minimum Gasteiger partial charge on any atom is -0.484 e. The first-order valence-corrected chi connectivity index (χ1v) is 8.12. The highest BCUT2D eigenvalue weighted by molar-refractivity contribution is 7.77. The molecule has 2 atom stereocenters. The monoisotopic (exact) mass is 334 g/mol. The van der Waals surface area contributed by atoms with Gasteiger partial charge in [-0.15, -0.1) is 0 Å². The largest absolute Gasteiger partial charge is 0.484 e. The van der Waals surface area contributed by atoms with E-state index in [0.29, 0.717) is 5.75 Å². The Morgan fingerprint density at radius 3 is 2.30 bits per heavy atom. The topological polar surface area (TPSA) is 87.7 Å². The number of amides is 1. The zero-order valence-corrected chi connectivity index (χ0v) is 13.2. The van der Waals surface area contributed by atoms with E-state index in [2.05, 4.69) is 10.0 Å². The molecule has 7 heteroatoms. The molecule has 2 aromatic carbocycles. The Labute approximate surface area is 137 Å². The van der Waals surface area contributed by atoms with Gasteiger partial charge < -0.3 is 10.1 Å². The predicted octanol–water partition coefficient (Wildman–Crippen LogP) is 1.65. The molecular weight excluding hydrogens is 316 g/mol. The second-order valence-corrected chi connectivity index (χ2v) is 5.47. The third-order valence-corrected chi connectivity index (χ3v) is 3.55. The van der Waals surface area contributed by atoms with Crippen molar-refractivity contribution in [1.82, 2.24) is 10.0 Å². The Morgan fingerprint density at radius 2 is 1.70 bits per heavy atom. The lowest BCUT2D eigenvalue weighted by atomic mass is 10.1. The molecule has 3 N–H and O–H groups in total. The van der Waals surface area contributed by atoms with E-state index in [9.17, 15) is 9.00 Å². The molecule has 23 heavy (non-hydrogen) atoms. The molecule has 0 aliphatic carbocycles. The number of para-hydroxylation sites is 1. The van der Waals surface area contributed by atoms with Crippen LogP contribution in [-0.2, 0) is 16.1 Å². The van der Waals surface area contributed by atoms with Gasteiger partial charge in [0.05, 0.1) is 6.04 Å². The smallest absolute Gasteiger partial charge is 0.258 e. The number of nitrogens with one attached hydrogen (secondary N) is 2. The fourth-order valence-electron chi connectivity index (χ4n) is 1.97. The van der Waals surface area contributed by atoms with Gasteiger partial charge in [0.15, 0.2) is 6.61 Å². The maximum Gasteiger partial charge on any atom is 0.258 e. The quantitative estimate of drug-likeness (QED) is 0.641. The molecule has 2 aromatic rings. The average Bonchev–Trinajstić information content (AvgIpc) is 2.58. The fourth-order valence-corrected chi connectivity index (χ4v) is 2.43. The van der Waals surface area contributed by atoms with Crippen LogP contribution in [0.5, 0.6) is 5.75 Å². The summed E-state index contributed by atoms with van der Waals surface area (Å²) in [7, 11) is 0. The van der Waals surface area contributed by atoms with Crippen molar-refractivity contribution < 1.29 is 18.3 Å². The number of benzene rings is 2. The number of hydrogen-bond donors (Lipinski definition) is 3. The number of carbonyl (C=O) groups excluding carboxylic acids is 1. The van der Waals surface area contributed by atoms with Gasteiger partial charge in [0.25, 0.3) is 5.91 Å². The van der Waals surface area contributed by atoms with Crippen LogP contribution in [-0.4, -0.2) is 27.8 Å². The first-order chi connectivity index (χ1) is 11.1. The van der Waals surface area contributed by atoms with Crippen LogP contribution < -0.4 is 14.8 Å². The normalized spacial score (nSPS) is 13.1. The second kappa shape index (κ2) is 9.04. The Hall–Kier alpha value is -2.22. The van der Waals surface area contributed by atoms with Crippen LogP contribution in [0.4, 0.5) is 0 Å². The molecule has 0 saturated carbocycles. The fraction of sp³-hybridized carbons (Fsp3) is 0.188. The SMILES string of the molecule is O=C(COc1ccccc1)NCC(NS(=O)O)c1ccccc1. The van der Waals surface area contributed by atoms with Gasteiger partial charge in [-0.1, -0.05) is 48.5 Å². The lowest BCUT2D eigenvalue weighted by Crippen LogP contribution is -2.37. The summed E-state index contributed by atoms with van der Waals surface area (Å²) in [5, 5.41) is 2.68. The van der Waals surface area contributed by atoms with Gasteiger partial charge in [0.1, 0.15) is 5.75 Å². The van der Waals surface area contributed by atoms with Crippen molar-refractivity contribution in [1.29, 1.82) is 0 Å². The maximum atomic E-state index is 11.8. The highest BCUT2D eigenvalue weighted by atomic mass is 32.2. The number of carbonyl (C=O) groups is 1. The molecular formula is C16H18N2O4S. The van der Waals surface area contributed by atoms with Crippen LogP contribution in [0.25, 0.3) is 0 Å².